The molecule has 1 N–H and O–H groups in total. The van der Waals surface area contributed by atoms with E-state index in [9.17, 15) is 4.79 Å². The summed E-state index contributed by atoms with van der Waals surface area (Å²) in [5.41, 5.74) is 3.10. The second-order valence-electron chi connectivity index (χ2n) is 5.11. The molecule has 0 spiro atoms. The Morgan fingerprint density at radius 2 is 2.00 bits per heavy atom. The van der Waals surface area contributed by atoms with E-state index in [4.69, 9.17) is 4.74 Å². The van der Waals surface area contributed by atoms with Gasteiger partial charge in [-0.25, -0.2) is 0 Å². The molecule has 6 nitrogen and oxygen atoms in total. The first-order valence-corrected chi connectivity index (χ1v) is 8.14. The van der Waals surface area contributed by atoms with E-state index in [1.54, 1.807) is 30.5 Å². The van der Waals surface area contributed by atoms with Crippen LogP contribution < -0.4 is 10.1 Å². The normalized spacial score (nSPS) is 10.4. The number of amides is 1. The van der Waals surface area contributed by atoms with Gasteiger partial charge in [0.05, 0.1) is 29.7 Å². The highest BCUT2D eigenvalue weighted by Gasteiger charge is 2.07. The molecule has 3 rings (SSSR count). The third-order valence-corrected chi connectivity index (χ3v) is 4.05. The zero-order chi connectivity index (χ0) is 16.8. The topological polar surface area (TPSA) is 77.0 Å². The highest BCUT2D eigenvalue weighted by Crippen LogP contribution is 2.15. The Kier molecular flexibility index (Phi) is 5.12. The standard InChI is InChI=1S/C17H16N4O2S/c1-12-16(21-24-20-12)11-23-15-7-5-13(6-8-15)17(22)19-10-14-4-2-3-9-18-14/h2-9H,10-11H2,1H3,(H,19,22). The smallest absolute Gasteiger partial charge is 0.251 e. The van der Waals surface area contributed by atoms with Crippen LogP contribution in [-0.4, -0.2) is 19.6 Å². The van der Waals surface area contributed by atoms with Crippen molar-refractivity contribution >= 4 is 17.6 Å². The van der Waals surface area contributed by atoms with E-state index in [2.05, 4.69) is 19.0 Å². The number of rotatable bonds is 6. The van der Waals surface area contributed by atoms with Gasteiger partial charge in [0, 0.05) is 11.8 Å². The van der Waals surface area contributed by atoms with Crippen LogP contribution in [0.4, 0.5) is 0 Å². The summed E-state index contributed by atoms with van der Waals surface area (Å²) in [5.74, 6) is 0.537. The monoisotopic (exact) mass is 340 g/mol. The minimum absolute atomic E-state index is 0.147. The van der Waals surface area contributed by atoms with Gasteiger partial charge in [-0.1, -0.05) is 6.07 Å². The number of carbonyl (C=O) groups excluding carboxylic acids is 1. The van der Waals surface area contributed by atoms with Crippen molar-refractivity contribution in [2.45, 2.75) is 20.1 Å². The summed E-state index contributed by atoms with van der Waals surface area (Å²) in [5, 5.41) is 2.84. The molecule has 24 heavy (non-hydrogen) atoms. The van der Waals surface area contributed by atoms with E-state index < -0.39 is 0 Å². The third kappa shape index (κ3) is 4.14. The number of aromatic nitrogens is 3. The number of benzene rings is 1. The largest absolute Gasteiger partial charge is 0.487 e. The molecule has 0 saturated heterocycles. The molecule has 1 amide bonds. The Balaban J connectivity index is 1.53. The van der Waals surface area contributed by atoms with Gasteiger partial charge >= 0.3 is 0 Å². The Labute approximate surface area is 143 Å². The van der Waals surface area contributed by atoms with E-state index in [-0.39, 0.29) is 5.91 Å². The van der Waals surface area contributed by atoms with Crippen LogP contribution in [0, 0.1) is 6.92 Å². The first kappa shape index (κ1) is 16.1. The summed E-state index contributed by atoms with van der Waals surface area (Å²) in [6.45, 7) is 2.67. The third-order valence-electron chi connectivity index (χ3n) is 3.39. The van der Waals surface area contributed by atoms with Crippen LogP contribution in [0.3, 0.4) is 0 Å². The van der Waals surface area contributed by atoms with Gasteiger partial charge in [-0.05, 0) is 43.3 Å². The van der Waals surface area contributed by atoms with Crippen molar-refractivity contribution in [3.63, 3.8) is 0 Å². The molecule has 0 saturated carbocycles. The minimum atomic E-state index is -0.147. The number of aryl methyl sites for hydroxylation is 1. The van der Waals surface area contributed by atoms with Crippen LogP contribution >= 0.6 is 11.7 Å². The van der Waals surface area contributed by atoms with Gasteiger partial charge in [0.1, 0.15) is 18.1 Å². The van der Waals surface area contributed by atoms with Crippen LogP contribution in [0.5, 0.6) is 5.75 Å². The highest BCUT2D eigenvalue weighted by molar-refractivity contribution is 6.99. The van der Waals surface area contributed by atoms with E-state index in [1.807, 2.05) is 25.1 Å². The van der Waals surface area contributed by atoms with E-state index in [0.717, 1.165) is 17.1 Å². The summed E-state index contributed by atoms with van der Waals surface area (Å²) in [4.78, 5) is 16.3. The predicted molar refractivity (Wildman–Crippen MR) is 90.8 cm³/mol. The molecule has 7 heteroatoms. The molecular weight excluding hydrogens is 324 g/mol. The molecule has 2 aromatic heterocycles. The van der Waals surface area contributed by atoms with Gasteiger partial charge in [-0.2, -0.15) is 8.75 Å². The fourth-order valence-electron chi connectivity index (χ4n) is 2.01. The number of nitrogens with one attached hydrogen (secondary N) is 1. The minimum Gasteiger partial charge on any atom is -0.487 e. The molecule has 0 fully saturated rings. The van der Waals surface area contributed by atoms with Gasteiger partial charge < -0.3 is 10.1 Å². The molecule has 1 aromatic carbocycles. The van der Waals surface area contributed by atoms with Crippen LogP contribution in [0.1, 0.15) is 27.4 Å². The fraction of sp³-hybridized carbons (Fsp3) is 0.176. The van der Waals surface area contributed by atoms with Crippen LogP contribution in [0.15, 0.2) is 48.7 Å². The van der Waals surface area contributed by atoms with Crippen molar-refractivity contribution in [2.75, 3.05) is 0 Å². The van der Waals surface area contributed by atoms with Crippen molar-refractivity contribution in [1.29, 1.82) is 0 Å². The first-order valence-electron chi connectivity index (χ1n) is 7.41. The van der Waals surface area contributed by atoms with Crippen molar-refractivity contribution < 1.29 is 9.53 Å². The lowest BCUT2D eigenvalue weighted by Crippen LogP contribution is -2.23. The summed E-state index contributed by atoms with van der Waals surface area (Å²) >= 11 is 1.17. The maximum Gasteiger partial charge on any atom is 0.251 e. The Morgan fingerprint density at radius 3 is 2.67 bits per heavy atom. The van der Waals surface area contributed by atoms with Crippen molar-refractivity contribution in [2.24, 2.45) is 0 Å². The molecule has 0 aliphatic heterocycles. The van der Waals surface area contributed by atoms with E-state index in [0.29, 0.717) is 24.5 Å². The van der Waals surface area contributed by atoms with E-state index >= 15 is 0 Å². The molecule has 0 bridgehead atoms. The molecule has 0 radical (unpaired) electrons. The average Bonchev–Trinajstić information content (AvgIpc) is 3.04. The highest BCUT2D eigenvalue weighted by atomic mass is 32.1. The average molecular weight is 340 g/mol. The van der Waals surface area contributed by atoms with Crippen molar-refractivity contribution in [3.05, 3.63) is 71.3 Å². The van der Waals surface area contributed by atoms with Crippen molar-refractivity contribution in [3.8, 4) is 5.75 Å². The number of hydrogen-bond acceptors (Lipinski definition) is 6. The lowest BCUT2D eigenvalue weighted by molar-refractivity contribution is 0.0950. The molecule has 0 aliphatic rings. The molecular formula is C17H16N4O2S. The predicted octanol–water partition coefficient (Wildman–Crippen LogP) is 2.75. The fourth-order valence-corrected chi connectivity index (χ4v) is 2.56. The summed E-state index contributed by atoms with van der Waals surface area (Å²) in [7, 11) is 0. The Bertz CT molecular complexity index is 803. The molecule has 0 unspecified atom stereocenters. The second-order valence-corrected chi connectivity index (χ2v) is 5.64. The SMILES string of the molecule is Cc1nsnc1COc1ccc(C(=O)NCc2ccccn2)cc1. The van der Waals surface area contributed by atoms with Crippen LogP contribution in [-0.2, 0) is 13.2 Å². The quantitative estimate of drug-likeness (QED) is 0.746. The number of pyridine rings is 1. The molecule has 2 heterocycles. The molecule has 122 valence electrons. The van der Waals surface area contributed by atoms with Gasteiger partial charge in [0.2, 0.25) is 0 Å². The first-order chi connectivity index (χ1) is 11.7. The Morgan fingerprint density at radius 1 is 1.17 bits per heavy atom. The summed E-state index contributed by atoms with van der Waals surface area (Å²) < 4.78 is 13.9. The van der Waals surface area contributed by atoms with Crippen LogP contribution in [0.2, 0.25) is 0 Å². The lowest BCUT2D eigenvalue weighted by Gasteiger charge is -2.07. The zero-order valence-electron chi connectivity index (χ0n) is 13.1. The molecule has 0 atom stereocenters. The zero-order valence-corrected chi connectivity index (χ0v) is 13.9. The summed E-state index contributed by atoms with van der Waals surface area (Å²) in [6.07, 6.45) is 1.70. The maximum atomic E-state index is 12.1. The number of ether oxygens (including phenoxy) is 1. The van der Waals surface area contributed by atoms with Gasteiger partial charge in [-0.3, -0.25) is 9.78 Å². The molecule has 3 aromatic rings. The summed E-state index contributed by atoms with van der Waals surface area (Å²) in [6, 6.07) is 12.6. The lowest BCUT2D eigenvalue weighted by atomic mass is 10.2. The number of carbonyl (C=O) groups is 1. The Hall–Kier alpha value is -2.80. The molecule has 0 aliphatic carbocycles. The van der Waals surface area contributed by atoms with Crippen molar-refractivity contribution in [1.82, 2.24) is 19.0 Å². The van der Waals surface area contributed by atoms with Crippen LogP contribution in [0.25, 0.3) is 0 Å². The second kappa shape index (κ2) is 7.65. The maximum absolute atomic E-state index is 12.1. The number of nitrogens with zero attached hydrogens (tertiary/aromatic N) is 3. The van der Waals surface area contributed by atoms with Gasteiger partial charge in [0.25, 0.3) is 5.91 Å². The van der Waals surface area contributed by atoms with Gasteiger partial charge in [0.15, 0.2) is 0 Å². The van der Waals surface area contributed by atoms with Gasteiger partial charge in [-0.15, -0.1) is 0 Å². The van der Waals surface area contributed by atoms with E-state index in [1.165, 1.54) is 11.7 Å². The number of hydrogen-bond donors (Lipinski definition) is 1.